The van der Waals surface area contributed by atoms with Crippen LogP contribution in [0.5, 0.6) is 5.75 Å². The van der Waals surface area contributed by atoms with Crippen LogP contribution in [-0.4, -0.2) is 57.1 Å². The number of carbonyl (C=O) groups excluding carboxylic acids is 2. The number of sulfonamides is 1. The summed E-state index contributed by atoms with van der Waals surface area (Å²) in [5.74, 6) is 0.134. The number of methoxy groups -OCH3 is 1. The fourth-order valence-corrected chi connectivity index (χ4v) is 5.92. The summed E-state index contributed by atoms with van der Waals surface area (Å²) in [6, 6.07) is 13.5. The molecule has 1 fully saturated rings. The third kappa shape index (κ3) is 8.63. The molecule has 0 spiro atoms. The Morgan fingerprint density at radius 1 is 1.11 bits per heavy atom. The van der Waals surface area contributed by atoms with Crippen LogP contribution in [0, 0.1) is 0 Å². The molecule has 1 N–H and O–H groups in total. The molecule has 2 aromatic rings. The summed E-state index contributed by atoms with van der Waals surface area (Å²) in [6.07, 6.45) is 6.77. The molecule has 1 atom stereocenters. The molecular formula is C28H38ClN3O5S. The molecule has 2 amide bonds. The Hall–Kier alpha value is -2.78. The van der Waals surface area contributed by atoms with Gasteiger partial charge in [0, 0.05) is 36.6 Å². The molecule has 38 heavy (non-hydrogen) atoms. The molecule has 0 heterocycles. The highest BCUT2D eigenvalue weighted by Crippen LogP contribution is 2.24. The second-order valence-electron chi connectivity index (χ2n) is 9.81. The minimum absolute atomic E-state index is 0.0810. The van der Waals surface area contributed by atoms with Crippen LogP contribution in [0.3, 0.4) is 0 Å². The van der Waals surface area contributed by atoms with Gasteiger partial charge in [-0.15, -0.1) is 0 Å². The molecule has 1 aliphatic rings. The third-order valence-corrected chi connectivity index (χ3v) is 8.28. The van der Waals surface area contributed by atoms with Crippen LogP contribution in [0.2, 0.25) is 5.02 Å². The van der Waals surface area contributed by atoms with E-state index < -0.39 is 16.1 Å². The predicted octanol–water partition coefficient (Wildman–Crippen LogP) is 4.76. The van der Waals surface area contributed by atoms with Gasteiger partial charge in [0.05, 0.1) is 19.1 Å². The number of hydrogen-bond acceptors (Lipinski definition) is 5. The van der Waals surface area contributed by atoms with Gasteiger partial charge in [-0.25, -0.2) is 8.42 Å². The van der Waals surface area contributed by atoms with E-state index in [0.29, 0.717) is 16.5 Å². The second-order valence-corrected chi connectivity index (χ2v) is 12.2. The SMILES string of the molecule is COc1cccc(N(CCCC(=O)N(Cc2cccc(Cl)c2)C(C)C(=O)NC2CCCCC2)S(C)(=O)=O)c1. The van der Waals surface area contributed by atoms with Crippen LogP contribution in [0.15, 0.2) is 48.5 Å². The lowest BCUT2D eigenvalue weighted by molar-refractivity contribution is -0.141. The van der Waals surface area contributed by atoms with E-state index in [-0.39, 0.29) is 43.8 Å². The lowest BCUT2D eigenvalue weighted by atomic mass is 9.95. The van der Waals surface area contributed by atoms with Gasteiger partial charge in [0.1, 0.15) is 11.8 Å². The van der Waals surface area contributed by atoms with Crippen LogP contribution < -0.4 is 14.4 Å². The van der Waals surface area contributed by atoms with Crippen molar-refractivity contribution in [2.24, 2.45) is 0 Å². The van der Waals surface area contributed by atoms with E-state index >= 15 is 0 Å². The van der Waals surface area contributed by atoms with Crippen molar-refractivity contribution < 1.29 is 22.7 Å². The molecule has 208 valence electrons. The Labute approximate surface area is 231 Å². The minimum atomic E-state index is -3.59. The topological polar surface area (TPSA) is 96.0 Å². The molecule has 0 aliphatic heterocycles. The van der Waals surface area contributed by atoms with Gasteiger partial charge in [0.2, 0.25) is 21.8 Å². The zero-order valence-corrected chi connectivity index (χ0v) is 23.9. The van der Waals surface area contributed by atoms with E-state index in [1.165, 1.54) is 17.8 Å². The van der Waals surface area contributed by atoms with Crippen molar-refractivity contribution in [3.63, 3.8) is 0 Å². The zero-order chi connectivity index (χ0) is 27.7. The number of nitrogens with zero attached hydrogens (tertiary/aromatic N) is 2. The number of anilines is 1. The lowest BCUT2D eigenvalue weighted by Gasteiger charge is -2.31. The van der Waals surface area contributed by atoms with Crippen molar-refractivity contribution in [2.45, 2.75) is 70.5 Å². The zero-order valence-electron chi connectivity index (χ0n) is 22.4. The van der Waals surface area contributed by atoms with E-state index in [1.807, 2.05) is 12.1 Å². The summed E-state index contributed by atoms with van der Waals surface area (Å²) < 4.78 is 31.5. The fourth-order valence-electron chi connectivity index (χ4n) is 4.75. The highest BCUT2D eigenvalue weighted by atomic mass is 35.5. The molecule has 3 rings (SSSR count). The van der Waals surface area contributed by atoms with Gasteiger partial charge in [-0.3, -0.25) is 13.9 Å². The van der Waals surface area contributed by atoms with Crippen LogP contribution in [0.25, 0.3) is 0 Å². The molecule has 10 heteroatoms. The maximum atomic E-state index is 13.5. The normalized spacial score (nSPS) is 14.9. The average Bonchev–Trinajstić information content (AvgIpc) is 2.89. The Balaban J connectivity index is 1.72. The van der Waals surface area contributed by atoms with Crippen molar-refractivity contribution in [3.05, 3.63) is 59.1 Å². The van der Waals surface area contributed by atoms with Gasteiger partial charge in [-0.1, -0.05) is 49.1 Å². The van der Waals surface area contributed by atoms with Crippen LogP contribution in [0.4, 0.5) is 5.69 Å². The first-order valence-corrected chi connectivity index (χ1v) is 15.3. The summed E-state index contributed by atoms with van der Waals surface area (Å²) in [5, 5.41) is 3.67. The predicted molar refractivity (Wildman–Crippen MR) is 151 cm³/mol. The van der Waals surface area contributed by atoms with E-state index in [9.17, 15) is 18.0 Å². The number of carbonyl (C=O) groups is 2. The van der Waals surface area contributed by atoms with Gasteiger partial charge in [-0.05, 0) is 56.0 Å². The minimum Gasteiger partial charge on any atom is -0.497 e. The van der Waals surface area contributed by atoms with E-state index in [1.54, 1.807) is 48.2 Å². The number of nitrogens with one attached hydrogen (secondary N) is 1. The van der Waals surface area contributed by atoms with Crippen molar-refractivity contribution in [3.8, 4) is 5.75 Å². The van der Waals surface area contributed by atoms with Crippen molar-refractivity contribution in [1.82, 2.24) is 10.2 Å². The molecule has 0 radical (unpaired) electrons. The molecule has 8 nitrogen and oxygen atoms in total. The molecule has 1 unspecified atom stereocenters. The first kappa shape index (κ1) is 29.8. The summed E-state index contributed by atoms with van der Waals surface area (Å²) in [4.78, 5) is 28.2. The Bertz CT molecular complexity index is 1200. The van der Waals surface area contributed by atoms with Crippen molar-refractivity contribution in [1.29, 1.82) is 0 Å². The monoisotopic (exact) mass is 563 g/mol. The fraction of sp³-hybridized carbons (Fsp3) is 0.500. The second kappa shape index (κ2) is 13.8. The van der Waals surface area contributed by atoms with Gasteiger partial charge < -0.3 is 15.0 Å². The number of benzene rings is 2. The third-order valence-electron chi connectivity index (χ3n) is 6.85. The molecule has 0 aromatic heterocycles. The van der Waals surface area contributed by atoms with Gasteiger partial charge in [-0.2, -0.15) is 0 Å². The smallest absolute Gasteiger partial charge is 0.242 e. The van der Waals surface area contributed by atoms with E-state index in [4.69, 9.17) is 16.3 Å². The maximum absolute atomic E-state index is 13.5. The molecule has 1 aliphatic carbocycles. The molecular weight excluding hydrogens is 526 g/mol. The number of hydrogen-bond donors (Lipinski definition) is 1. The number of ether oxygens (including phenoxy) is 1. The average molecular weight is 564 g/mol. The largest absolute Gasteiger partial charge is 0.497 e. The van der Waals surface area contributed by atoms with Gasteiger partial charge in [0.15, 0.2) is 0 Å². The van der Waals surface area contributed by atoms with Crippen LogP contribution in [-0.2, 0) is 26.2 Å². The van der Waals surface area contributed by atoms with E-state index in [2.05, 4.69) is 5.32 Å². The Morgan fingerprint density at radius 2 is 1.82 bits per heavy atom. The number of rotatable bonds is 12. The first-order valence-electron chi connectivity index (χ1n) is 13.0. The number of halogens is 1. The van der Waals surface area contributed by atoms with Crippen LogP contribution in [0.1, 0.15) is 57.4 Å². The molecule has 1 saturated carbocycles. The van der Waals surface area contributed by atoms with E-state index in [0.717, 1.165) is 37.5 Å². The lowest BCUT2D eigenvalue weighted by Crippen LogP contribution is -2.50. The highest BCUT2D eigenvalue weighted by Gasteiger charge is 2.28. The molecule has 2 aromatic carbocycles. The van der Waals surface area contributed by atoms with Gasteiger partial charge in [0.25, 0.3) is 0 Å². The standard InChI is InChI=1S/C28H38ClN3O5S/c1-21(28(34)30-24-12-5-4-6-13-24)31(20-22-10-7-11-23(29)18-22)27(33)16-9-17-32(38(3,35)36)25-14-8-15-26(19-25)37-2/h7-8,10-11,14-15,18-19,21,24H,4-6,9,12-13,16-17,20H2,1-3H3,(H,30,34). The highest BCUT2D eigenvalue weighted by molar-refractivity contribution is 7.92. The summed E-state index contributed by atoms with van der Waals surface area (Å²) in [7, 11) is -2.07. The number of amides is 2. The van der Waals surface area contributed by atoms with Crippen molar-refractivity contribution in [2.75, 3.05) is 24.2 Å². The van der Waals surface area contributed by atoms with Crippen molar-refractivity contribution >= 4 is 39.1 Å². The van der Waals surface area contributed by atoms with Crippen LogP contribution >= 0.6 is 11.6 Å². The van der Waals surface area contributed by atoms with Gasteiger partial charge >= 0.3 is 0 Å². The summed E-state index contributed by atoms with van der Waals surface area (Å²) in [6.45, 7) is 2.08. The quantitative estimate of drug-likeness (QED) is 0.401. The first-order chi connectivity index (χ1) is 18.1. The Morgan fingerprint density at radius 3 is 2.47 bits per heavy atom. The molecule has 0 bridgehead atoms. The summed E-state index contributed by atoms with van der Waals surface area (Å²) in [5.41, 5.74) is 1.28. The maximum Gasteiger partial charge on any atom is 0.242 e. The Kier molecular flexibility index (Phi) is 10.8. The summed E-state index contributed by atoms with van der Waals surface area (Å²) >= 11 is 6.17. The molecule has 0 saturated heterocycles.